The highest BCUT2D eigenvalue weighted by molar-refractivity contribution is 6.34. The van der Waals surface area contributed by atoms with Crippen molar-refractivity contribution in [3.05, 3.63) is 107 Å². The number of hydrogen-bond acceptors (Lipinski definition) is 3. The van der Waals surface area contributed by atoms with E-state index >= 15 is 0 Å². The van der Waals surface area contributed by atoms with E-state index in [-0.39, 0.29) is 5.91 Å². The highest BCUT2D eigenvalue weighted by atomic mass is 35.5. The Bertz CT molecular complexity index is 1490. The van der Waals surface area contributed by atoms with Crippen LogP contribution in [0.2, 0.25) is 5.02 Å². The lowest BCUT2D eigenvalue weighted by molar-refractivity contribution is 0.102. The predicted molar refractivity (Wildman–Crippen MR) is 143 cm³/mol. The summed E-state index contributed by atoms with van der Waals surface area (Å²) in [7, 11) is 0. The monoisotopic (exact) mass is 480 g/mol. The van der Waals surface area contributed by atoms with Gasteiger partial charge in [0.1, 0.15) is 5.52 Å². The van der Waals surface area contributed by atoms with E-state index in [9.17, 15) is 4.79 Å². The van der Waals surface area contributed by atoms with Gasteiger partial charge in [-0.15, -0.1) is 0 Å². The van der Waals surface area contributed by atoms with Crippen molar-refractivity contribution < 1.29 is 9.21 Å². The van der Waals surface area contributed by atoms with Crippen LogP contribution in [0, 0.1) is 0 Å². The molecule has 0 bridgehead atoms. The third-order valence-electron chi connectivity index (χ3n) is 6.31. The summed E-state index contributed by atoms with van der Waals surface area (Å²) >= 11 is 6.41. The molecule has 0 saturated heterocycles. The highest BCUT2D eigenvalue weighted by Crippen LogP contribution is 2.32. The van der Waals surface area contributed by atoms with Crippen LogP contribution in [0.5, 0.6) is 0 Å². The molecule has 1 N–H and O–H groups in total. The van der Waals surface area contributed by atoms with Crippen LogP contribution in [0.4, 0.5) is 5.69 Å². The maximum absolute atomic E-state index is 12.9. The van der Waals surface area contributed by atoms with Crippen molar-refractivity contribution in [1.29, 1.82) is 0 Å². The number of rotatable bonds is 6. The van der Waals surface area contributed by atoms with Crippen LogP contribution in [0.25, 0.3) is 33.7 Å². The van der Waals surface area contributed by atoms with E-state index in [0.29, 0.717) is 28.1 Å². The van der Waals surface area contributed by atoms with Crippen molar-refractivity contribution in [3.8, 4) is 22.6 Å². The molecule has 1 heterocycles. The number of anilines is 1. The summed E-state index contributed by atoms with van der Waals surface area (Å²) in [5.74, 6) is 0.707. The van der Waals surface area contributed by atoms with Crippen molar-refractivity contribution in [3.63, 3.8) is 0 Å². The largest absolute Gasteiger partial charge is 0.436 e. The number of carbonyl (C=O) groups is 1. The van der Waals surface area contributed by atoms with E-state index in [0.717, 1.165) is 34.2 Å². The second-order valence-electron chi connectivity index (χ2n) is 8.65. The summed E-state index contributed by atoms with van der Waals surface area (Å²) < 4.78 is 6.00. The summed E-state index contributed by atoms with van der Waals surface area (Å²) in [6, 6.07) is 29.0. The minimum atomic E-state index is -0.237. The number of aromatic nitrogens is 1. The molecule has 0 aliphatic carbocycles. The lowest BCUT2D eigenvalue weighted by Gasteiger charge is -2.09. The fraction of sp³-hybridized carbons (Fsp3) is 0.133. The Morgan fingerprint density at radius 2 is 1.63 bits per heavy atom. The van der Waals surface area contributed by atoms with Gasteiger partial charge in [-0.25, -0.2) is 4.98 Å². The number of nitrogens with one attached hydrogen (secondary N) is 1. The Balaban J connectivity index is 1.38. The molecule has 1 aromatic heterocycles. The van der Waals surface area contributed by atoms with E-state index in [4.69, 9.17) is 16.0 Å². The lowest BCUT2D eigenvalue weighted by Crippen LogP contribution is -2.12. The second-order valence-corrected chi connectivity index (χ2v) is 9.05. The Labute approximate surface area is 209 Å². The molecule has 0 fully saturated rings. The van der Waals surface area contributed by atoms with E-state index in [2.05, 4.69) is 36.3 Å². The molecule has 1 atom stereocenters. The zero-order valence-corrected chi connectivity index (χ0v) is 20.3. The van der Waals surface area contributed by atoms with E-state index in [1.54, 1.807) is 12.1 Å². The molecule has 0 aliphatic heterocycles. The molecule has 0 radical (unpaired) electrons. The molecule has 0 aliphatic rings. The molecule has 4 nitrogen and oxygen atoms in total. The lowest BCUT2D eigenvalue weighted by atomic mass is 9.98. The number of benzene rings is 4. The van der Waals surface area contributed by atoms with Crippen LogP contribution in [-0.2, 0) is 0 Å². The van der Waals surface area contributed by atoms with Crippen molar-refractivity contribution in [1.82, 2.24) is 4.98 Å². The number of amides is 1. The Kier molecular flexibility index (Phi) is 6.39. The Morgan fingerprint density at radius 1 is 0.914 bits per heavy atom. The number of nitrogens with zero attached hydrogens (tertiary/aromatic N) is 1. The molecule has 35 heavy (non-hydrogen) atoms. The number of fused-ring (bicyclic) bond motifs is 1. The van der Waals surface area contributed by atoms with Crippen LogP contribution in [0.3, 0.4) is 0 Å². The van der Waals surface area contributed by atoms with Crippen LogP contribution in [-0.4, -0.2) is 10.9 Å². The quantitative estimate of drug-likeness (QED) is 0.264. The van der Waals surface area contributed by atoms with Crippen molar-refractivity contribution in [2.24, 2.45) is 0 Å². The van der Waals surface area contributed by atoms with Gasteiger partial charge in [-0.1, -0.05) is 74.0 Å². The second kappa shape index (κ2) is 9.77. The number of oxazole rings is 1. The zero-order valence-electron chi connectivity index (χ0n) is 19.6. The minimum absolute atomic E-state index is 0.237. The molecular formula is C30H25ClN2O2. The molecule has 174 valence electrons. The summed E-state index contributed by atoms with van der Waals surface area (Å²) in [4.78, 5) is 17.6. The summed E-state index contributed by atoms with van der Waals surface area (Å²) in [6.07, 6.45) is 1.06. The van der Waals surface area contributed by atoms with Gasteiger partial charge in [-0.2, -0.15) is 0 Å². The third kappa shape index (κ3) is 4.84. The summed E-state index contributed by atoms with van der Waals surface area (Å²) in [5.41, 5.74) is 6.73. The van der Waals surface area contributed by atoms with Crippen molar-refractivity contribution >= 4 is 34.3 Å². The fourth-order valence-electron chi connectivity index (χ4n) is 4.00. The first-order valence-electron chi connectivity index (χ1n) is 11.7. The SMILES string of the molecule is CC[C@H](C)c1ccc2oc(-c3ccc(Cl)c(NC(=O)c4ccc(-c5ccccc5)cc4)c3)nc2c1. The maximum atomic E-state index is 12.9. The zero-order chi connectivity index (χ0) is 24.4. The van der Waals surface area contributed by atoms with Gasteiger partial charge in [-0.05, 0) is 71.5 Å². The Morgan fingerprint density at radius 3 is 2.37 bits per heavy atom. The topological polar surface area (TPSA) is 55.1 Å². The van der Waals surface area contributed by atoms with Gasteiger partial charge >= 0.3 is 0 Å². The first-order valence-corrected chi connectivity index (χ1v) is 12.1. The van der Waals surface area contributed by atoms with Crippen LogP contribution < -0.4 is 5.32 Å². The standard InChI is InChI=1S/C30H25ClN2O2/c1-3-19(2)23-14-16-28-27(17-23)33-30(35-28)24-13-15-25(31)26(18-24)32-29(34)22-11-9-21(10-12-22)20-7-5-4-6-8-20/h4-19H,3H2,1-2H3,(H,32,34)/t19-/m0/s1. The maximum Gasteiger partial charge on any atom is 0.255 e. The molecule has 5 heteroatoms. The van der Waals surface area contributed by atoms with Crippen LogP contribution in [0.15, 0.2) is 95.4 Å². The van der Waals surface area contributed by atoms with Gasteiger partial charge in [0.05, 0.1) is 10.7 Å². The highest BCUT2D eigenvalue weighted by Gasteiger charge is 2.14. The van der Waals surface area contributed by atoms with Crippen LogP contribution >= 0.6 is 11.6 Å². The number of halogens is 1. The third-order valence-corrected chi connectivity index (χ3v) is 6.64. The molecule has 4 aromatic carbocycles. The molecule has 0 unspecified atom stereocenters. The van der Waals surface area contributed by atoms with Crippen molar-refractivity contribution in [2.75, 3.05) is 5.32 Å². The van der Waals surface area contributed by atoms with E-state index in [1.807, 2.05) is 66.7 Å². The van der Waals surface area contributed by atoms with Crippen molar-refractivity contribution in [2.45, 2.75) is 26.2 Å². The number of hydrogen-bond donors (Lipinski definition) is 1. The number of carbonyl (C=O) groups excluding carboxylic acids is 1. The fourth-order valence-corrected chi connectivity index (χ4v) is 4.17. The van der Waals surface area contributed by atoms with E-state index in [1.165, 1.54) is 5.56 Å². The average Bonchev–Trinajstić information content (AvgIpc) is 3.33. The van der Waals surface area contributed by atoms with Gasteiger partial charge in [0.2, 0.25) is 5.89 Å². The molecule has 0 saturated carbocycles. The van der Waals surface area contributed by atoms with Gasteiger partial charge in [0.25, 0.3) is 5.91 Å². The molecular weight excluding hydrogens is 456 g/mol. The Hall–Kier alpha value is -3.89. The molecule has 1 amide bonds. The van der Waals surface area contributed by atoms with Crippen LogP contribution in [0.1, 0.15) is 42.1 Å². The van der Waals surface area contributed by atoms with Gasteiger partial charge in [-0.3, -0.25) is 4.79 Å². The van der Waals surface area contributed by atoms with Gasteiger partial charge in [0, 0.05) is 11.1 Å². The molecule has 5 aromatic rings. The minimum Gasteiger partial charge on any atom is -0.436 e. The summed E-state index contributed by atoms with van der Waals surface area (Å²) in [5, 5.41) is 3.36. The van der Waals surface area contributed by atoms with E-state index < -0.39 is 0 Å². The van der Waals surface area contributed by atoms with Gasteiger partial charge in [0.15, 0.2) is 5.58 Å². The smallest absolute Gasteiger partial charge is 0.255 e. The predicted octanol–water partition coefficient (Wildman–Crippen LogP) is 8.58. The normalized spacial score (nSPS) is 12.0. The molecule has 5 rings (SSSR count). The summed E-state index contributed by atoms with van der Waals surface area (Å²) in [6.45, 7) is 4.37. The first kappa shape index (κ1) is 22.9. The first-order chi connectivity index (χ1) is 17.0. The average molecular weight is 481 g/mol. The molecule has 0 spiro atoms. The van der Waals surface area contributed by atoms with Gasteiger partial charge < -0.3 is 9.73 Å².